The molecule has 0 spiro atoms. The van der Waals surface area contributed by atoms with E-state index in [0.717, 1.165) is 44.2 Å². The molecule has 1 fully saturated rings. The summed E-state index contributed by atoms with van der Waals surface area (Å²) in [7, 11) is 6.90. The number of amides is 2. The van der Waals surface area contributed by atoms with Crippen LogP contribution in [0.5, 0.6) is 0 Å². The molecule has 0 unspecified atom stereocenters. The van der Waals surface area contributed by atoms with Gasteiger partial charge in [0.25, 0.3) is 0 Å². The second-order valence-corrected chi connectivity index (χ2v) is 17.4. The highest BCUT2D eigenvalue weighted by molar-refractivity contribution is 5.90. The van der Waals surface area contributed by atoms with Crippen molar-refractivity contribution in [3.63, 3.8) is 0 Å². The molecule has 0 bridgehead atoms. The summed E-state index contributed by atoms with van der Waals surface area (Å²) in [6.45, 7) is 17.5. The van der Waals surface area contributed by atoms with Gasteiger partial charge in [-0.25, -0.2) is 0 Å². The van der Waals surface area contributed by atoms with Crippen LogP contribution in [0.2, 0.25) is 0 Å². The van der Waals surface area contributed by atoms with E-state index in [-0.39, 0.29) is 78.9 Å². The first-order chi connectivity index (χ1) is 26.9. The molecule has 1 aromatic rings. The zero-order chi connectivity index (χ0) is 43.0. The maximum absolute atomic E-state index is 14.5. The number of carbonyl (C=O) groups excluding carboxylic acids is 4. The Morgan fingerprint density at radius 2 is 1.51 bits per heavy atom. The van der Waals surface area contributed by atoms with Crippen molar-refractivity contribution in [2.75, 3.05) is 41.4 Å². The van der Waals surface area contributed by atoms with E-state index in [9.17, 15) is 29.1 Å². The van der Waals surface area contributed by atoms with E-state index < -0.39 is 42.0 Å². The lowest BCUT2D eigenvalue weighted by molar-refractivity contribution is -0.149. The molecule has 324 valence electrons. The maximum Gasteiger partial charge on any atom is 0.307 e. The highest BCUT2D eigenvalue weighted by Crippen LogP contribution is 2.32. The van der Waals surface area contributed by atoms with Crippen LogP contribution in [0.4, 0.5) is 0 Å². The minimum absolute atomic E-state index is 0.00913. The van der Waals surface area contributed by atoms with Gasteiger partial charge >= 0.3 is 5.97 Å². The minimum Gasteiger partial charge on any atom is -0.481 e. The number of rotatable bonds is 27. The van der Waals surface area contributed by atoms with Crippen LogP contribution in [0, 0.1) is 35.5 Å². The van der Waals surface area contributed by atoms with Gasteiger partial charge in [-0.05, 0) is 62.6 Å². The van der Waals surface area contributed by atoms with Crippen molar-refractivity contribution in [2.24, 2.45) is 35.5 Å². The first kappa shape index (κ1) is 50.0. The first-order valence-corrected chi connectivity index (χ1v) is 21.6. The Labute approximate surface area is 344 Å². The third-order valence-electron chi connectivity index (χ3n) is 12.6. The van der Waals surface area contributed by atoms with Crippen molar-refractivity contribution < 1.29 is 38.6 Å². The zero-order valence-electron chi connectivity index (χ0n) is 37.4. The molecule has 0 saturated carbocycles. The summed E-state index contributed by atoms with van der Waals surface area (Å²) in [5, 5.41) is 9.97. The highest BCUT2D eigenvalue weighted by atomic mass is 16.5. The fourth-order valence-electron chi connectivity index (χ4n) is 9.00. The fraction of sp³-hybridized carbons (Fsp3) is 0.761. The van der Waals surface area contributed by atoms with Crippen LogP contribution in [-0.2, 0) is 39.9 Å². The number of likely N-dealkylation sites (N-methyl/N-ethyl adjacent to an activating group) is 2. The number of carbonyl (C=O) groups is 5. The number of nitrogens with zero attached hydrogens (tertiary/aromatic N) is 3. The molecule has 1 aromatic carbocycles. The number of Topliss-reactive ketones (excluding diaryl/α,β-unsaturated/α-hetero) is 2. The Morgan fingerprint density at radius 3 is 2.04 bits per heavy atom. The fourth-order valence-corrected chi connectivity index (χ4v) is 9.00. The molecule has 57 heavy (non-hydrogen) atoms. The van der Waals surface area contributed by atoms with E-state index in [4.69, 9.17) is 9.47 Å². The number of ketones is 2. The molecule has 11 nitrogen and oxygen atoms in total. The van der Waals surface area contributed by atoms with E-state index in [1.54, 1.807) is 30.9 Å². The van der Waals surface area contributed by atoms with Crippen LogP contribution in [0.3, 0.4) is 0 Å². The molecule has 0 aromatic heterocycles. The average molecular weight is 800 g/mol. The van der Waals surface area contributed by atoms with E-state index in [1.807, 2.05) is 51.2 Å². The van der Waals surface area contributed by atoms with Gasteiger partial charge < -0.3 is 24.4 Å². The Morgan fingerprint density at radius 1 is 0.860 bits per heavy atom. The lowest BCUT2D eigenvalue weighted by Gasteiger charge is -2.41. The van der Waals surface area contributed by atoms with Crippen LogP contribution < -0.4 is 0 Å². The molecular weight excluding hydrogens is 723 g/mol. The van der Waals surface area contributed by atoms with E-state index in [2.05, 4.69) is 39.5 Å². The molecule has 9 atom stereocenters. The van der Waals surface area contributed by atoms with Gasteiger partial charge in [-0.1, -0.05) is 105 Å². The maximum atomic E-state index is 14.5. The van der Waals surface area contributed by atoms with Gasteiger partial charge in [0.05, 0.1) is 42.7 Å². The Balaban J connectivity index is 2.27. The molecule has 0 aliphatic carbocycles. The monoisotopic (exact) mass is 800 g/mol. The van der Waals surface area contributed by atoms with Crippen LogP contribution in [-0.4, -0.2) is 121 Å². The zero-order valence-corrected chi connectivity index (χ0v) is 37.4. The quantitative estimate of drug-likeness (QED) is 0.0919. The van der Waals surface area contributed by atoms with Crippen LogP contribution in [0.25, 0.3) is 0 Å². The topological polar surface area (TPSA) is 134 Å². The largest absolute Gasteiger partial charge is 0.481 e. The van der Waals surface area contributed by atoms with E-state index >= 15 is 0 Å². The standard InChI is InChI=1S/C46H77N3O8/c1-13-15-19-24-47(9)42(31(5)6)39(51)28-36(30(3)4)45(53)48(10)43(32(7)14-2)40(56-11)29-41(52)49-25-20-23-37(49)44(57-12)33(8)38(50)27-35(46(54)55)26-34-21-17-16-18-22-34/h16-18,21-22,30-33,35-37,40,42-44H,13-15,19-20,23-29H2,1-12H3,(H,54,55)/t32-,33-,35+,36-,37-,40+,42-,43-,44+/m0/s1. The summed E-state index contributed by atoms with van der Waals surface area (Å²) >= 11 is 0. The summed E-state index contributed by atoms with van der Waals surface area (Å²) in [5.74, 6) is -3.42. The first-order valence-electron chi connectivity index (χ1n) is 21.6. The van der Waals surface area contributed by atoms with Gasteiger partial charge in [-0.2, -0.15) is 0 Å². The second-order valence-electron chi connectivity index (χ2n) is 17.4. The average Bonchev–Trinajstić information content (AvgIpc) is 3.66. The van der Waals surface area contributed by atoms with Gasteiger partial charge in [0.1, 0.15) is 5.78 Å². The van der Waals surface area contributed by atoms with Gasteiger partial charge in [0.15, 0.2) is 5.78 Å². The van der Waals surface area contributed by atoms with Crippen molar-refractivity contribution in [3.8, 4) is 0 Å². The second kappa shape index (κ2) is 24.7. The lowest BCUT2D eigenvalue weighted by atomic mass is 9.83. The summed E-state index contributed by atoms with van der Waals surface area (Å²) in [6, 6.07) is 8.22. The summed E-state index contributed by atoms with van der Waals surface area (Å²) < 4.78 is 12.0. The van der Waals surface area contributed by atoms with Crippen LogP contribution in [0.1, 0.15) is 119 Å². The Kier molecular flexibility index (Phi) is 21.7. The van der Waals surface area contributed by atoms with Gasteiger partial charge in [-0.3, -0.25) is 28.9 Å². The molecule has 1 aliphatic heterocycles. The summed E-state index contributed by atoms with van der Waals surface area (Å²) in [6.07, 6.45) is 4.43. The van der Waals surface area contributed by atoms with Crippen molar-refractivity contribution >= 4 is 29.4 Å². The molecule has 2 rings (SSSR count). The summed E-state index contributed by atoms with van der Waals surface area (Å²) in [4.78, 5) is 74.2. The van der Waals surface area contributed by atoms with Gasteiger partial charge in [0, 0.05) is 52.5 Å². The van der Waals surface area contributed by atoms with Crippen LogP contribution in [0.15, 0.2) is 30.3 Å². The van der Waals surface area contributed by atoms with Crippen LogP contribution >= 0.6 is 0 Å². The number of ether oxygens (including phenoxy) is 2. The summed E-state index contributed by atoms with van der Waals surface area (Å²) in [5.41, 5.74) is 0.853. The predicted octanol–water partition coefficient (Wildman–Crippen LogP) is 7.19. The van der Waals surface area contributed by atoms with Crippen molar-refractivity contribution in [2.45, 2.75) is 150 Å². The number of likely N-dealkylation sites (tertiary alicyclic amines) is 1. The molecule has 11 heteroatoms. The number of carboxylic acids is 1. The number of carboxylic acid groups (broad SMARTS) is 1. The minimum atomic E-state index is -1.02. The molecule has 1 N–H and O–H groups in total. The number of methoxy groups -OCH3 is 2. The van der Waals surface area contributed by atoms with Crippen molar-refractivity contribution in [1.29, 1.82) is 0 Å². The van der Waals surface area contributed by atoms with E-state index in [0.29, 0.717) is 13.0 Å². The molecule has 1 heterocycles. The predicted molar refractivity (Wildman–Crippen MR) is 226 cm³/mol. The number of hydrogen-bond donors (Lipinski definition) is 1. The van der Waals surface area contributed by atoms with E-state index in [1.165, 1.54) is 7.11 Å². The molecule has 1 saturated heterocycles. The molecule has 1 aliphatic rings. The Bertz CT molecular complexity index is 1400. The molecule has 0 radical (unpaired) electrons. The SMILES string of the molecule is CCCCCN(C)[C@H](C(=O)C[C@H](C(=O)N(C)[C@@H]([C@@H](C)CC)[C@@H](CC(=O)N1CCC[C@H]1[C@H](OC)[C@@H](C)C(=O)C[C@@H](Cc1ccccc1)C(=O)O)OC)C(C)C)C(C)C. The number of benzene rings is 1. The number of aliphatic carboxylic acids is 1. The van der Waals surface area contributed by atoms with Gasteiger partial charge in [-0.15, -0.1) is 0 Å². The normalized spacial score (nSPS) is 18.9. The smallest absolute Gasteiger partial charge is 0.307 e. The van der Waals surface area contributed by atoms with Gasteiger partial charge in [0.2, 0.25) is 11.8 Å². The van der Waals surface area contributed by atoms with Crippen molar-refractivity contribution in [3.05, 3.63) is 35.9 Å². The molecular formula is C46H77N3O8. The number of unbranched alkanes of at least 4 members (excludes halogenated alkanes) is 2. The van der Waals surface area contributed by atoms with Crippen molar-refractivity contribution in [1.82, 2.24) is 14.7 Å². The third kappa shape index (κ3) is 14.3. The lowest BCUT2D eigenvalue weighted by Crippen LogP contribution is -2.54. The Hall–Kier alpha value is -3.15. The molecule has 2 amide bonds. The number of hydrogen-bond acceptors (Lipinski definition) is 8. The highest BCUT2D eigenvalue weighted by Gasteiger charge is 2.43. The third-order valence-corrected chi connectivity index (χ3v) is 12.6.